The van der Waals surface area contributed by atoms with Crippen molar-refractivity contribution in [1.82, 2.24) is 5.32 Å². The lowest BCUT2D eigenvalue weighted by atomic mass is 9.99. The minimum absolute atomic E-state index is 0.145. The van der Waals surface area contributed by atoms with Gasteiger partial charge >= 0.3 is 5.97 Å². The lowest BCUT2D eigenvalue weighted by Crippen LogP contribution is -2.51. The van der Waals surface area contributed by atoms with Crippen molar-refractivity contribution in [1.29, 1.82) is 0 Å². The van der Waals surface area contributed by atoms with Crippen LogP contribution in [0.4, 0.5) is 0 Å². The zero-order valence-corrected chi connectivity index (χ0v) is 10.6. The molecule has 0 spiro atoms. The number of carboxylic acids is 1. The van der Waals surface area contributed by atoms with Gasteiger partial charge in [-0.3, -0.25) is 4.79 Å². The van der Waals surface area contributed by atoms with Crippen LogP contribution in [-0.4, -0.2) is 49.5 Å². The van der Waals surface area contributed by atoms with Gasteiger partial charge in [0.05, 0.1) is 19.8 Å². The summed E-state index contributed by atoms with van der Waals surface area (Å²) in [5, 5.41) is 11.4. The number of methoxy groups -OCH3 is 1. The third kappa shape index (κ3) is 6.23. The largest absolute Gasteiger partial charge is 0.480 e. The molecule has 6 nitrogen and oxygen atoms in total. The summed E-state index contributed by atoms with van der Waals surface area (Å²) >= 11 is 0. The van der Waals surface area contributed by atoms with Crippen molar-refractivity contribution in [2.24, 2.45) is 0 Å². The van der Waals surface area contributed by atoms with Crippen LogP contribution in [0.5, 0.6) is 0 Å². The lowest BCUT2D eigenvalue weighted by Gasteiger charge is -2.24. The Morgan fingerprint density at radius 2 is 1.94 bits per heavy atom. The van der Waals surface area contributed by atoms with E-state index in [0.29, 0.717) is 19.6 Å². The fraction of sp³-hybridized carbons (Fsp3) is 0.818. The van der Waals surface area contributed by atoms with Gasteiger partial charge in [-0.1, -0.05) is 6.92 Å². The first-order valence-electron chi connectivity index (χ1n) is 5.57. The molecule has 6 heteroatoms. The van der Waals surface area contributed by atoms with Crippen LogP contribution in [0.1, 0.15) is 26.7 Å². The molecule has 0 rings (SSSR count). The fourth-order valence-electron chi connectivity index (χ4n) is 1.07. The average molecular weight is 247 g/mol. The summed E-state index contributed by atoms with van der Waals surface area (Å²) < 4.78 is 9.90. The van der Waals surface area contributed by atoms with Gasteiger partial charge in [-0.15, -0.1) is 0 Å². The zero-order valence-electron chi connectivity index (χ0n) is 10.6. The van der Waals surface area contributed by atoms with E-state index in [-0.39, 0.29) is 18.9 Å². The van der Waals surface area contributed by atoms with E-state index in [1.165, 1.54) is 6.92 Å². The summed E-state index contributed by atoms with van der Waals surface area (Å²) in [6.07, 6.45) is 0.477. The normalized spacial score (nSPS) is 14.1. The molecular weight excluding hydrogens is 226 g/mol. The zero-order chi connectivity index (χ0) is 13.3. The predicted octanol–water partition coefficient (Wildman–Crippen LogP) is 0.409. The van der Waals surface area contributed by atoms with Crippen LogP contribution in [0, 0.1) is 0 Å². The first-order chi connectivity index (χ1) is 7.96. The van der Waals surface area contributed by atoms with Crippen LogP contribution in [-0.2, 0) is 19.1 Å². The van der Waals surface area contributed by atoms with Gasteiger partial charge in [-0.25, -0.2) is 4.79 Å². The predicted molar refractivity (Wildman–Crippen MR) is 61.8 cm³/mol. The molecule has 100 valence electrons. The van der Waals surface area contributed by atoms with E-state index in [4.69, 9.17) is 14.6 Å². The SMILES string of the molecule is CCC(C)(NC(=O)CCOCCOC)C(=O)O. The number of carbonyl (C=O) groups excluding carboxylic acids is 1. The molecule has 0 heterocycles. The van der Waals surface area contributed by atoms with E-state index in [2.05, 4.69) is 5.32 Å². The van der Waals surface area contributed by atoms with Crippen LogP contribution < -0.4 is 5.32 Å². The standard InChI is InChI=1S/C11H21NO5/c1-4-11(2,10(14)15)12-9(13)5-6-17-8-7-16-3/h4-8H2,1-3H3,(H,12,13)(H,14,15). The van der Waals surface area contributed by atoms with Gasteiger partial charge in [0.1, 0.15) is 5.54 Å². The van der Waals surface area contributed by atoms with Crippen molar-refractivity contribution < 1.29 is 24.2 Å². The number of amides is 1. The monoisotopic (exact) mass is 247 g/mol. The maximum absolute atomic E-state index is 11.5. The quantitative estimate of drug-likeness (QED) is 0.576. The average Bonchev–Trinajstić information content (AvgIpc) is 2.28. The molecule has 0 radical (unpaired) electrons. The van der Waals surface area contributed by atoms with E-state index in [0.717, 1.165) is 0 Å². The van der Waals surface area contributed by atoms with Gasteiger partial charge in [-0.2, -0.15) is 0 Å². The number of carbonyl (C=O) groups is 2. The summed E-state index contributed by atoms with van der Waals surface area (Å²) in [4.78, 5) is 22.4. The first kappa shape index (κ1) is 15.9. The molecule has 0 fully saturated rings. The molecule has 0 aliphatic carbocycles. The highest BCUT2D eigenvalue weighted by Gasteiger charge is 2.32. The maximum Gasteiger partial charge on any atom is 0.329 e. The van der Waals surface area contributed by atoms with Crippen molar-refractivity contribution in [3.8, 4) is 0 Å². The Bertz CT molecular complexity index is 256. The van der Waals surface area contributed by atoms with Gasteiger partial charge < -0.3 is 19.9 Å². The smallest absolute Gasteiger partial charge is 0.329 e. The van der Waals surface area contributed by atoms with E-state index in [9.17, 15) is 9.59 Å². The van der Waals surface area contributed by atoms with E-state index < -0.39 is 11.5 Å². The summed E-state index contributed by atoms with van der Waals surface area (Å²) in [7, 11) is 1.57. The van der Waals surface area contributed by atoms with Crippen molar-refractivity contribution in [2.75, 3.05) is 26.9 Å². The highest BCUT2D eigenvalue weighted by molar-refractivity contribution is 5.86. The van der Waals surface area contributed by atoms with E-state index >= 15 is 0 Å². The maximum atomic E-state index is 11.5. The van der Waals surface area contributed by atoms with Crippen LogP contribution >= 0.6 is 0 Å². The summed E-state index contributed by atoms with van der Waals surface area (Å²) in [5.74, 6) is -1.36. The Hall–Kier alpha value is -1.14. The van der Waals surface area contributed by atoms with E-state index in [1.54, 1.807) is 14.0 Å². The minimum atomic E-state index is -1.20. The number of nitrogens with one attached hydrogen (secondary N) is 1. The van der Waals surface area contributed by atoms with Crippen molar-refractivity contribution >= 4 is 11.9 Å². The van der Waals surface area contributed by atoms with E-state index in [1.807, 2.05) is 0 Å². The van der Waals surface area contributed by atoms with Crippen molar-refractivity contribution in [2.45, 2.75) is 32.2 Å². The highest BCUT2D eigenvalue weighted by Crippen LogP contribution is 2.09. The molecule has 0 aromatic heterocycles. The second-order valence-corrected chi connectivity index (χ2v) is 3.89. The first-order valence-corrected chi connectivity index (χ1v) is 5.57. The molecule has 1 amide bonds. The van der Waals surface area contributed by atoms with Gasteiger partial charge in [-0.05, 0) is 13.3 Å². The van der Waals surface area contributed by atoms with Crippen LogP contribution in [0.25, 0.3) is 0 Å². The van der Waals surface area contributed by atoms with Crippen LogP contribution in [0.2, 0.25) is 0 Å². The fourth-order valence-corrected chi connectivity index (χ4v) is 1.07. The Morgan fingerprint density at radius 3 is 2.41 bits per heavy atom. The molecule has 17 heavy (non-hydrogen) atoms. The third-order valence-electron chi connectivity index (χ3n) is 2.50. The van der Waals surface area contributed by atoms with Gasteiger partial charge in [0.15, 0.2) is 0 Å². The molecular formula is C11H21NO5. The summed E-state index contributed by atoms with van der Waals surface area (Å²) in [6.45, 7) is 4.36. The Morgan fingerprint density at radius 1 is 1.29 bits per heavy atom. The Balaban J connectivity index is 3.88. The second-order valence-electron chi connectivity index (χ2n) is 3.89. The summed E-state index contributed by atoms with van der Waals surface area (Å²) in [6, 6.07) is 0. The molecule has 0 aromatic rings. The number of aliphatic carboxylic acids is 1. The summed E-state index contributed by atoms with van der Waals surface area (Å²) in [5.41, 5.74) is -1.20. The molecule has 0 aliphatic rings. The highest BCUT2D eigenvalue weighted by atomic mass is 16.5. The van der Waals surface area contributed by atoms with Gasteiger partial charge in [0.2, 0.25) is 5.91 Å². The molecule has 0 saturated carbocycles. The van der Waals surface area contributed by atoms with Crippen LogP contribution in [0.15, 0.2) is 0 Å². The lowest BCUT2D eigenvalue weighted by molar-refractivity contribution is -0.147. The molecule has 0 bridgehead atoms. The molecule has 0 aromatic carbocycles. The number of hydrogen-bond donors (Lipinski definition) is 2. The van der Waals surface area contributed by atoms with Crippen molar-refractivity contribution in [3.63, 3.8) is 0 Å². The topological polar surface area (TPSA) is 84.9 Å². The minimum Gasteiger partial charge on any atom is -0.480 e. The second kappa shape index (κ2) is 8.03. The number of ether oxygens (including phenoxy) is 2. The van der Waals surface area contributed by atoms with Crippen LogP contribution in [0.3, 0.4) is 0 Å². The van der Waals surface area contributed by atoms with Gasteiger partial charge in [0, 0.05) is 13.5 Å². The molecule has 2 N–H and O–H groups in total. The molecule has 0 aliphatic heterocycles. The van der Waals surface area contributed by atoms with Gasteiger partial charge in [0.25, 0.3) is 0 Å². The molecule has 1 atom stereocenters. The number of rotatable bonds is 9. The molecule has 0 saturated heterocycles. The van der Waals surface area contributed by atoms with Crippen molar-refractivity contribution in [3.05, 3.63) is 0 Å². The Kier molecular flexibility index (Phi) is 7.49. The number of hydrogen-bond acceptors (Lipinski definition) is 4. The Labute approximate surface area is 101 Å². The molecule has 1 unspecified atom stereocenters. The third-order valence-corrected chi connectivity index (χ3v) is 2.50. The number of carboxylic acid groups (broad SMARTS) is 1.